The maximum Gasteiger partial charge on any atom is 0.0843 e. The van der Waals surface area contributed by atoms with Gasteiger partial charge in [-0.3, -0.25) is 4.68 Å². The molecule has 2 atom stereocenters. The van der Waals surface area contributed by atoms with Crippen molar-refractivity contribution in [2.75, 3.05) is 18.9 Å². The van der Waals surface area contributed by atoms with Crippen LogP contribution in [0.15, 0.2) is 42.7 Å². The van der Waals surface area contributed by atoms with E-state index in [2.05, 4.69) is 29.4 Å². The van der Waals surface area contributed by atoms with E-state index in [1.54, 1.807) is 6.20 Å². The van der Waals surface area contributed by atoms with Crippen LogP contribution >= 0.6 is 0 Å². The predicted octanol–water partition coefficient (Wildman–Crippen LogP) is 1.82. The molecule has 2 N–H and O–H groups in total. The first kappa shape index (κ1) is 10.4. The number of nitrogens with two attached hydrogens (primary N) is 1. The highest BCUT2D eigenvalue weighted by molar-refractivity contribution is 5.31. The zero-order valence-corrected chi connectivity index (χ0v) is 9.49. The molecule has 2 heterocycles. The maximum absolute atomic E-state index is 5.71. The fourth-order valence-electron chi connectivity index (χ4n) is 2.36. The van der Waals surface area contributed by atoms with Crippen molar-refractivity contribution < 1.29 is 4.74 Å². The van der Waals surface area contributed by atoms with Crippen LogP contribution in [0.5, 0.6) is 0 Å². The Balaban J connectivity index is 1.90. The van der Waals surface area contributed by atoms with Gasteiger partial charge in [-0.05, 0) is 5.56 Å². The van der Waals surface area contributed by atoms with Crippen molar-refractivity contribution in [3.8, 4) is 0 Å². The summed E-state index contributed by atoms with van der Waals surface area (Å²) in [4.78, 5) is 0. The van der Waals surface area contributed by atoms with E-state index in [0.29, 0.717) is 18.2 Å². The summed E-state index contributed by atoms with van der Waals surface area (Å²) in [5, 5.41) is 4.29. The Hall–Kier alpha value is -1.81. The van der Waals surface area contributed by atoms with Crippen molar-refractivity contribution in [2.45, 2.75) is 12.0 Å². The summed E-state index contributed by atoms with van der Waals surface area (Å²) in [6.45, 7) is 1.44. The van der Waals surface area contributed by atoms with Crippen molar-refractivity contribution in [1.82, 2.24) is 9.78 Å². The molecule has 0 aliphatic carbocycles. The van der Waals surface area contributed by atoms with E-state index in [1.165, 1.54) is 5.56 Å². The number of nitrogens with zero attached hydrogens (tertiary/aromatic N) is 2. The van der Waals surface area contributed by atoms with Crippen LogP contribution in [0.3, 0.4) is 0 Å². The van der Waals surface area contributed by atoms with E-state index in [-0.39, 0.29) is 6.04 Å². The lowest BCUT2D eigenvalue weighted by Crippen LogP contribution is -2.16. The summed E-state index contributed by atoms with van der Waals surface area (Å²) in [5.74, 6) is 0.357. The van der Waals surface area contributed by atoms with Gasteiger partial charge < -0.3 is 10.5 Å². The van der Waals surface area contributed by atoms with Crippen LogP contribution in [0.4, 0.5) is 5.69 Å². The molecule has 4 heteroatoms. The van der Waals surface area contributed by atoms with Crippen molar-refractivity contribution in [3.63, 3.8) is 0 Å². The molecule has 0 amide bonds. The number of hydrogen-bond acceptors (Lipinski definition) is 3. The van der Waals surface area contributed by atoms with E-state index in [1.807, 2.05) is 16.9 Å². The average Bonchev–Trinajstić information content (AvgIpc) is 2.98. The summed E-state index contributed by atoms with van der Waals surface area (Å²) < 4.78 is 7.50. The van der Waals surface area contributed by atoms with Gasteiger partial charge in [0.1, 0.15) is 0 Å². The Morgan fingerprint density at radius 2 is 2.06 bits per heavy atom. The molecule has 1 aromatic heterocycles. The number of ether oxygens (including phenoxy) is 1. The summed E-state index contributed by atoms with van der Waals surface area (Å²) in [6, 6.07) is 10.7. The standard InChI is InChI=1S/C13H15N3O/c14-11-6-15-16(7-11)13-9-17-8-12(13)10-4-2-1-3-5-10/h1-7,12-13H,8-9,14H2/t12-,13-/m1/s1. The van der Waals surface area contributed by atoms with Crippen molar-refractivity contribution >= 4 is 5.69 Å². The van der Waals surface area contributed by atoms with Gasteiger partial charge in [-0.25, -0.2) is 0 Å². The first-order chi connectivity index (χ1) is 8.34. The third-order valence-electron chi connectivity index (χ3n) is 3.24. The molecule has 0 unspecified atom stereocenters. The lowest BCUT2D eigenvalue weighted by molar-refractivity contribution is 0.183. The lowest BCUT2D eigenvalue weighted by Gasteiger charge is -2.18. The average molecular weight is 229 g/mol. The minimum absolute atomic E-state index is 0.245. The van der Waals surface area contributed by atoms with Crippen LogP contribution in [0, 0.1) is 0 Å². The number of anilines is 1. The first-order valence-corrected chi connectivity index (χ1v) is 5.77. The summed E-state index contributed by atoms with van der Waals surface area (Å²) in [6.07, 6.45) is 3.55. The van der Waals surface area contributed by atoms with Crippen LogP contribution in [0.2, 0.25) is 0 Å². The van der Waals surface area contributed by atoms with E-state index in [4.69, 9.17) is 10.5 Å². The van der Waals surface area contributed by atoms with Crippen molar-refractivity contribution in [3.05, 3.63) is 48.3 Å². The zero-order chi connectivity index (χ0) is 11.7. The number of rotatable bonds is 2. The second kappa shape index (κ2) is 4.22. The van der Waals surface area contributed by atoms with E-state index in [9.17, 15) is 0 Å². The first-order valence-electron chi connectivity index (χ1n) is 5.77. The van der Waals surface area contributed by atoms with Crippen LogP contribution in [-0.4, -0.2) is 23.0 Å². The normalized spacial score (nSPS) is 24.0. The quantitative estimate of drug-likeness (QED) is 0.854. The van der Waals surface area contributed by atoms with Gasteiger partial charge in [0.25, 0.3) is 0 Å². The van der Waals surface area contributed by atoms with Gasteiger partial charge >= 0.3 is 0 Å². The van der Waals surface area contributed by atoms with Crippen LogP contribution in [0.1, 0.15) is 17.5 Å². The molecular formula is C13H15N3O. The largest absolute Gasteiger partial charge is 0.396 e. The molecule has 1 aliphatic heterocycles. The molecule has 17 heavy (non-hydrogen) atoms. The summed E-state index contributed by atoms with van der Waals surface area (Å²) in [7, 11) is 0. The fraction of sp³-hybridized carbons (Fsp3) is 0.308. The number of aromatic nitrogens is 2. The molecule has 0 spiro atoms. The van der Waals surface area contributed by atoms with Crippen LogP contribution in [0.25, 0.3) is 0 Å². The molecule has 1 aliphatic rings. The summed E-state index contributed by atoms with van der Waals surface area (Å²) in [5.41, 5.74) is 7.70. The Bertz CT molecular complexity index is 494. The molecule has 1 aromatic carbocycles. The molecule has 3 rings (SSSR count). The smallest absolute Gasteiger partial charge is 0.0843 e. The van der Waals surface area contributed by atoms with Gasteiger partial charge in [0.15, 0.2) is 0 Å². The molecule has 0 bridgehead atoms. The van der Waals surface area contributed by atoms with Gasteiger partial charge in [-0.15, -0.1) is 0 Å². The molecule has 1 fully saturated rings. The van der Waals surface area contributed by atoms with E-state index >= 15 is 0 Å². The minimum Gasteiger partial charge on any atom is -0.396 e. The monoisotopic (exact) mass is 229 g/mol. The fourth-order valence-corrected chi connectivity index (χ4v) is 2.36. The molecule has 1 saturated heterocycles. The number of hydrogen-bond donors (Lipinski definition) is 1. The molecule has 0 radical (unpaired) electrons. The Kier molecular flexibility index (Phi) is 2.57. The highest BCUT2D eigenvalue weighted by Crippen LogP contribution is 2.34. The molecule has 0 saturated carbocycles. The second-order valence-electron chi connectivity index (χ2n) is 4.38. The highest BCUT2D eigenvalue weighted by atomic mass is 16.5. The molecule has 2 aromatic rings. The Labute approximate surface area is 100 Å². The zero-order valence-electron chi connectivity index (χ0n) is 9.49. The third-order valence-corrected chi connectivity index (χ3v) is 3.24. The van der Waals surface area contributed by atoms with Gasteiger partial charge in [0.2, 0.25) is 0 Å². The lowest BCUT2D eigenvalue weighted by atomic mass is 9.94. The minimum atomic E-state index is 0.245. The van der Waals surface area contributed by atoms with Gasteiger partial charge in [0, 0.05) is 12.1 Å². The van der Waals surface area contributed by atoms with Crippen LogP contribution < -0.4 is 5.73 Å². The summed E-state index contributed by atoms with van der Waals surface area (Å²) >= 11 is 0. The highest BCUT2D eigenvalue weighted by Gasteiger charge is 2.31. The van der Waals surface area contributed by atoms with Gasteiger partial charge in [-0.2, -0.15) is 5.10 Å². The van der Waals surface area contributed by atoms with E-state index in [0.717, 1.165) is 6.61 Å². The Morgan fingerprint density at radius 3 is 2.76 bits per heavy atom. The van der Waals surface area contributed by atoms with Crippen molar-refractivity contribution in [2.24, 2.45) is 0 Å². The SMILES string of the molecule is Nc1cnn([C@@H]2COC[C@@H]2c2ccccc2)c1. The van der Waals surface area contributed by atoms with Crippen molar-refractivity contribution in [1.29, 1.82) is 0 Å². The third kappa shape index (κ3) is 1.91. The molecule has 4 nitrogen and oxygen atoms in total. The number of nitrogen functional groups attached to an aromatic ring is 1. The maximum atomic E-state index is 5.71. The Morgan fingerprint density at radius 1 is 1.24 bits per heavy atom. The van der Waals surface area contributed by atoms with Gasteiger partial charge in [-0.1, -0.05) is 30.3 Å². The molecular weight excluding hydrogens is 214 g/mol. The van der Waals surface area contributed by atoms with E-state index < -0.39 is 0 Å². The van der Waals surface area contributed by atoms with Gasteiger partial charge in [0.05, 0.1) is 31.1 Å². The second-order valence-corrected chi connectivity index (χ2v) is 4.38. The predicted molar refractivity (Wildman–Crippen MR) is 65.7 cm³/mol. The van der Waals surface area contributed by atoms with Crippen LogP contribution in [-0.2, 0) is 4.74 Å². The topological polar surface area (TPSA) is 53.1 Å². The molecule has 88 valence electrons. The number of benzene rings is 1.